The summed E-state index contributed by atoms with van der Waals surface area (Å²) in [7, 11) is 8.86. The number of aromatic nitrogens is 20. The van der Waals surface area contributed by atoms with Gasteiger partial charge in [0.05, 0.1) is 0 Å². The summed E-state index contributed by atoms with van der Waals surface area (Å²) >= 11 is 0. The highest BCUT2D eigenvalue weighted by Crippen LogP contribution is 2.27. The van der Waals surface area contributed by atoms with Gasteiger partial charge in [0.15, 0.2) is 29.1 Å². The molecule has 0 atom stereocenters. The Morgan fingerprint density at radius 1 is 0.268 bits per heavy atom. The molecule has 0 radical (unpaired) electrons. The highest BCUT2D eigenvalue weighted by molar-refractivity contribution is 6.07. The zero-order chi connectivity index (χ0) is 79.2. The van der Waals surface area contributed by atoms with Gasteiger partial charge in [-0.15, -0.1) is 25.5 Å². The van der Waals surface area contributed by atoms with Gasteiger partial charge in [0.2, 0.25) is 0 Å². The predicted octanol–water partition coefficient (Wildman–Crippen LogP) is 13.0. The first-order valence-electron chi connectivity index (χ1n) is 35.2. The van der Waals surface area contributed by atoms with E-state index in [4.69, 9.17) is 0 Å². The largest absolute Gasteiger partial charge is 0.322 e. The summed E-state index contributed by atoms with van der Waals surface area (Å²) in [6.07, 6.45) is 0. The Morgan fingerprint density at radius 2 is 0.518 bits per heavy atom. The summed E-state index contributed by atoms with van der Waals surface area (Å²) in [5, 5.41) is 71.2. The third-order valence-corrected chi connectivity index (χ3v) is 17.2. The van der Waals surface area contributed by atoms with Crippen molar-refractivity contribution in [3.05, 3.63) is 298 Å². The molecule has 10 aromatic carbocycles. The van der Waals surface area contributed by atoms with Crippen molar-refractivity contribution in [1.82, 2.24) is 101 Å². The lowest BCUT2D eigenvalue weighted by Gasteiger charge is -2.13. The van der Waals surface area contributed by atoms with Gasteiger partial charge < -0.3 is 26.6 Å². The number of anilines is 5. The van der Waals surface area contributed by atoms with Gasteiger partial charge in [-0.25, -0.2) is 23.4 Å². The van der Waals surface area contributed by atoms with E-state index in [0.717, 1.165) is 84.1 Å². The Morgan fingerprint density at radius 3 is 0.759 bits per heavy atom. The zero-order valence-corrected chi connectivity index (χ0v) is 63.2. The lowest BCUT2D eigenvalue weighted by molar-refractivity contribution is 0.101. The van der Waals surface area contributed by atoms with Gasteiger partial charge in [-0.1, -0.05) is 158 Å². The molecule has 5 aromatic heterocycles. The van der Waals surface area contributed by atoms with Crippen LogP contribution >= 0.6 is 0 Å². The van der Waals surface area contributed by atoms with Crippen molar-refractivity contribution in [2.45, 2.75) is 47.5 Å². The van der Waals surface area contributed by atoms with E-state index in [1.54, 1.807) is 119 Å². The second-order valence-corrected chi connectivity index (χ2v) is 26.0. The van der Waals surface area contributed by atoms with E-state index in [1.807, 2.05) is 210 Å². The molecule has 0 saturated carbocycles. The summed E-state index contributed by atoms with van der Waals surface area (Å²) in [6, 6.07) is 74.5. The second kappa shape index (κ2) is 36.9. The normalized spacial score (nSPS) is 10.5. The highest BCUT2D eigenvalue weighted by atomic mass is 16.2. The van der Waals surface area contributed by atoms with Crippen LogP contribution < -0.4 is 26.6 Å². The average molecular weight is 1490 g/mol. The number of amides is 5. The molecule has 562 valence electrons. The summed E-state index contributed by atoms with van der Waals surface area (Å²) in [5.41, 5.74) is 16.9. The monoisotopic (exact) mass is 1490 g/mol. The molecule has 5 N–H and O–H groups in total. The maximum absolute atomic E-state index is 12.5. The van der Waals surface area contributed by atoms with Crippen molar-refractivity contribution in [2.24, 2.45) is 35.2 Å². The molecule has 15 rings (SSSR count). The summed E-state index contributed by atoms with van der Waals surface area (Å²) in [5.74, 6) is 2.91. The van der Waals surface area contributed by atoms with Crippen LogP contribution in [0.4, 0.5) is 28.4 Å². The fourth-order valence-electron chi connectivity index (χ4n) is 11.0. The number of nitrogens with zero attached hydrogens (tertiary/aromatic N) is 20. The summed E-state index contributed by atoms with van der Waals surface area (Å²) in [4.78, 5) is 61.4. The number of hydrogen-bond donors (Lipinski definition) is 5. The molecule has 0 aliphatic heterocycles. The molecule has 0 bridgehead atoms. The average Bonchev–Trinajstić information content (AvgIpc) is 1.14. The fourth-order valence-corrected chi connectivity index (χ4v) is 11.0. The van der Waals surface area contributed by atoms with Crippen LogP contribution in [0.5, 0.6) is 0 Å². The molecule has 15 aromatic rings. The Bertz CT molecular complexity index is 5330. The Hall–Kier alpha value is -15.1. The minimum Gasteiger partial charge on any atom is -0.322 e. The molecule has 5 heterocycles. The molecule has 30 heteroatoms. The third-order valence-electron chi connectivity index (χ3n) is 17.2. The Labute approximate surface area is 644 Å². The maximum atomic E-state index is 12.5. The van der Waals surface area contributed by atoms with Gasteiger partial charge in [-0.3, -0.25) is 24.0 Å². The van der Waals surface area contributed by atoms with Crippen LogP contribution in [0.25, 0.3) is 56.9 Å². The van der Waals surface area contributed by atoms with Crippen LogP contribution in [0, 0.1) is 27.7 Å². The highest BCUT2D eigenvalue weighted by Gasteiger charge is 2.17. The van der Waals surface area contributed by atoms with E-state index in [2.05, 4.69) is 118 Å². The lowest BCUT2D eigenvalue weighted by atomic mass is 10.0. The number of carbonyl (C=O) groups excluding carboxylic acids is 5. The number of tetrazole rings is 5. The van der Waals surface area contributed by atoms with Crippen LogP contribution in [0.15, 0.2) is 243 Å². The smallest absolute Gasteiger partial charge is 0.255 e. The van der Waals surface area contributed by atoms with Crippen LogP contribution in [0.3, 0.4) is 0 Å². The van der Waals surface area contributed by atoms with E-state index in [1.165, 1.54) is 0 Å². The van der Waals surface area contributed by atoms with E-state index >= 15 is 0 Å². The molecule has 112 heavy (non-hydrogen) atoms. The number of nitrogens with one attached hydrogen (secondary N) is 5. The Kier molecular flexibility index (Phi) is 25.7. The molecule has 0 saturated heterocycles. The summed E-state index contributed by atoms with van der Waals surface area (Å²) in [6.45, 7) is 12.2. The number of benzene rings is 10. The molecule has 0 aliphatic rings. The van der Waals surface area contributed by atoms with Crippen LogP contribution in [0.2, 0.25) is 0 Å². The standard InChI is InChI=1S/C18H19N5O.4C16H15N5O/c1-12(2)15-6-4-5-7-16(15)19-18(24)14-10-8-13(9-11-14)17-20-21-22-23(17)3;3*1-11-3-9-14(10-4-11)17-16(22)13-7-5-12(6-8-13)15-18-19-20-21(15)2;1-11-4-3-5-14(10-11)17-16(22)13-8-6-12(7-9-13)15-18-19-20-21(15)2/h4-12H,1-3H3,(H,19,24);4*3-10H,1-2H3,(H,17,22). The maximum Gasteiger partial charge on any atom is 0.255 e. The van der Waals surface area contributed by atoms with Crippen LogP contribution in [0.1, 0.15) is 99.4 Å². The van der Waals surface area contributed by atoms with Crippen molar-refractivity contribution in [2.75, 3.05) is 26.6 Å². The zero-order valence-electron chi connectivity index (χ0n) is 63.2. The Balaban J connectivity index is 0.000000138. The molecule has 0 aliphatic carbocycles. The van der Waals surface area contributed by atoms with Crippen LogP contribution in [-0.4, -0.2) is 131 Å². The molecule has 0 fully saturated rings. The molecule has 30 nitrogen and oxygen atoms in total. The quantitative estimate of drug-likeness (QED) is 0.0600. The number of carbonyl (C=O) groups is 5. The first-order chi connectivity index (χ1) is 54.1. The van der Waals surface area contributed by atoms with Gasteiger partial charge in [0.1, 0.15) is 0 Å². The molecular formula is C82H79N25O5. The number of aryl methyl sites for hydroxylation is 9. The topological polar surface area (TPSA) is 363 Å². The van der Waals surface area contributed by atoms with Gasteiger partial charge >= 0.3 is 0 Å². The van der Waals surface area contributed by atoms with Crippen molar-refractivity contribution < 1.29 is 24.0 Å². The van der Waals surface area contributed by atoms with E-state index in [9.17, 15) is 24.0 Å². The van der Waals surface area contributed by atoms with Crippen LogP contribution in [-0.2, 0) is 35.2 Å². The second-order valence-electron chi connectivity index (χ2n) is 26.0. The molecule has 0 unspecified atom stereocenters. The first kappa shape index (κ1) is 78.0. The number of hydrogen-bond acceptors (Lipinski definition) is 20. The first-order valence-corrected chi connectivity index (χ1v) is 35.2. The van der Waals surface area contributed by atoms with E-state index in [-0.39, 0.29) is 29.5 Å². The van der Waals surface area contributed by atoms with Crippen molar-refractivity contribution in [3.63, 3.8) is 0 Å². The molecule has 0 spiro atoms. The number of para-hydroxylation sites is 1. The minimum absolute atomic E-state index is 0.134. The van der Waals surface area contributed by atoms with E-state index < -0.39 is 0 Å². The minimum atomic E-state index is -0.147. The van der Waals surface area contributed by atoms with Gasteiger partial charge in [0, 0.05) is 119 Å². The predicted molar refractivity (Wildman–Crippen MR) is 426 cm³/mol. The van der Waals surface area contributed by atoms with Crippen molar-refractivity contribution in [1.29, 1.82) is 0 Å². The van der Waals surface area contributed by atoms with E-state index in [0.29, 0.717) is 62.9 Å². The van der Waals surface area contributed by atoms with Crippen molar-refractivity contribution in [3.8, 4) is 56.9 Å². The lowest BCUT2D eigenvalue weighted by Crippen LogP contribution is -2.13. The fraction of sp³-hybridized carbons (Fsp3) is 0.146. The summed E-state index contributed by atoms with van der Waals surface area (Å²) < 4.78 is 7.93. The van der Waals surface area contributed by atoms with Gasteiger partial charge in [-0.2, -0.15) is 0 Å². The SMILES string of the molecule is CC(C)c1ccccc1NC(=O)c1ccc(-c2nnnn2C)cc1.Cc1ccc(NC(=O)c2ccc(-c3nnnn3C)cc2)cc1.Cc1ccc(NC(=O)c2ccc(-c3nnnn3C)cc2)cc1.Cc1ccc(NC(=O)c2ccc(-c3nnnn3C)cc2)cc1.Cc1cccc(NC(=O)c2ccc(-c3nnnn3C)cc2)c1. The molecular weight excluding hydrogens is 1420 g/mol. The van der Waals surface area contributed by atoms with Gasteiger partial charge in [-0.05, 0) is 212 Å². The van der Waals surface area contributed by atoms with Crippen molar-refractivity contribution >= 4 is 58.0 Å². The third kappa shape index (κ3) is 20.9. The molecule has 5 amide bonds. The van der Waals surface area contributed by atoms with Gasteiger partial charge in [0.25, 0.3) is 29.5 Å². The number of rotatable bonds is 16.